The standard InChI is InChI=1S/C15H23N3O3/c1-3-11(4-5-14(19)20)6-7-17-13-9-12(15(16)21)8-10(2)18-13/h8-9,11H,3-7H2,1-2H3,(H2,16,21)(H,17,18)(H,19,20). The SMILES string of the molecule is CCC(CCNc1cc(C(N)=O)cc(C)n1)CCC(=O)O. The smallest absolute Gasteiger partial charge is 0.303 e. The molecule has 1 rings (SSSR count). The maximum atomic E-state index is 11.2. The van der Waals surface area contributed by atoms with E-state index in [9.17, 15) is 9.59 Å². The lowest BCUT2D eigenvalue weighted by Crippen LogP contribution is -2.14. The van der Waals surface area contributed by atoms with Gasteiger partial charge in [0.2, 0.25) is 5.91 Å². The van der Waals surface area contributed by atoms with E-state index in [1.54, 1.807) is 19.1 Å². The van der Waals surface area contributed by atoms with E-state index in [1.807, 2.05) is 0 Å². The Hall–Kier alpha value is -2.11. The van der Waals surface area contributed by atoms with E-state index in [-0.39, 0.29) is 6.42 Å². The van der Waals surface area contributed by atoms with Gasteiger partial charge in [0.05, 0.1) is 0 Å². The van der Waals surface area contributed by atoms with Crippen molar-refractivity contribution in [3.05, 3.63) is 23.4 Å². The first-order chi connectivity index (χ1) is 9.92. The van der Waals surface area contributed by atoms with Crippen LogP contribution < -0.4 is 11.1 Å². The molecule has 0 aliphatic heterocycles. The highest BCUT2D eigenvalue weighted by molar-refractivity contribution is 5.93. The zero-order valence-electron chi connectivity index (χ0n) is 12.6. The Labute approximate surface area is 124 Å². The van der Waals surface area contributed by atoms with Gasteiger partial charge in [-0.2, -0.15) is 0 Å². The van der Waals surface area contributed by atoms with Gasteiger partial charge in [0, 0.05) is 24.2 Å². The van der Waals surface area contributed by atoms with E-state index >= 15 is 0 Å². The molecule has 0 bridgehead atoms. The first-order valence-electron chi connectivity index (χ1n) is 7.16. The van der Waals surface area contributed by atoms with Gasteiger partial charge in [0.1, 0.15) is 5.82 Å². The van der Waals surface area contributed by atoms with Gasteiger partial charge in [-0.15, -0.1) is 0 Å². The van der Waals surface area contributed by atoms with Crippen LogP contribution in [0, 0.1) is 12.8 Å². The molecule has 0 radical (unpaired) electrons. The minimum absolute atomic E-state index is 0.201. The molecule has 0 saturated carbocycles. The van der Waals surface area contributed by atoms with Crippen molar-refractivity contribution < 1.29 is 14.7 Å². The maximum Gasteiger partial charge on any atom is 0.303 e. The van der Waals surface area contributed by atoms with Crippen LogP contribution in [0.3, 0.4) is 0 Å². The third-order valence-corrected chi connectivity index (χ3v) is 3.44. The molecule has 1 atom stereocenters. The molecule has 1 aromatic rings. The summed E-state index contributed by atoms with van der Waals surface area (Å²) in [5.41, 5.74) is 6.43. The molecular formula is C15H23N3O3. The fourth-order valence-electron chi connectivity index (χ4n) is 2.19. The number of anilines is 1. The Morgan fingerprint density at radius 1 is 1.38 bits per heavy atom. The number of hydrogen-bond donors (Lipinski definition) is 3. The normalized spacial score (nSPS) is 11.9. The quantitative estimate of drug-likeness (QED) is 0.647. The molecule has 1 aromatic heterocycles. The highest BCUT2D eigenvalue weighted by Gasteiger charge is 2.09. The number of carbonyl (C=O) groups is 2. The second-order valence-corrected chi connectivity index (χ2v) is 5.17. The molecule has 0 saturated heterocycles. The zero-order valence-corrected chi connectivity index (χ0v) is 12.6. The molecule has 1 unspecified atom stereocenters. The Balaban J connectivity index is 2.51. The fourth-order valence-corrected chi connectivity index (χ4v) is 2.19. The number of aryl methyl sites for hydroxylation is 1. The molecule has 0 fully saturated rings. The summed E-state index contributed by atoms with van der Waals surface area (Å²) in [4.78, 5) is 26.1. The average molecular weight is 293 g/mol. The summed E-state index contributed by atoms with van der Waals surface area (Å²) in [6.07, 6.45) is 2.70. The number of carbonyl (C=O) groups excluding carboxylic acids is 1. The van der Waals surface area contributed by atoms with Gasteiger partial charge in [-0.05, 0) is 37.8 Å². The van der Waals surface area contributed by atoms with Crippen LogP contribution in [0.15, 0.2) is 12.1 Å². The van der Waals surface area contributed by atoms with Crippen LogP contribution in [0.5, 0.6) is 0 Å². The summed E-state index contributed by atoms with van der Waals surface area (Å²) < 4.78 is 0. The molecule has 1 heterocycles. The van der Waals surface area contributed by atoms with Crippen LogP contribution in [0.4, 0.5) is 5.82 Å². The summed E-state index contributed by atoms with van der Waals surface area (Å²) in [7, 11) is 0. The molecule has 0 aromatic carbocycles. The van der Waals surface area contributed by atoms with Crippen LogP contribution in [-0.4, -0.2) is 28.5 Å². The number of nitrogens with two attached hydrogens (primary N) is 1. The third kappa shape index (κ3) is 6.25. The molecule has 1 amide bonds. The predicted octanol–water partition coefficient (Wildman–Crippen LogP) is 2.18. The van der Waals surface area contributed by atoms with Gasteiger partial charge in [0.15, 0.2) is 0 Å². The van der Waals surface area contributed by atoms with Gasteiger partial charge in [-0.1, -0.05) is 13.3 Å². The number of pyridine rings is 1. The number of hydrogen-bond acceptors (Lipinski definition) is 4. The number of nitrogens with one attached hydrogen (secondary N) is 1. The number of carboxylic acid groups (broad SMARTS) is 1. The predicted molar refractivity (Wildman–Crippen MR) is 81.2 cm³/mol. The fraction of sp³-hybridized carbons (Fsp3) is 0.533. The van der Waals surface area contributed by atoms with Crippen LogP contribution >= 0.6 is 0 Å². The van der Waals surface area contributed by atoms with E-state index in [2.05, 4.69) is 17.2 Å². The van der Waals surface area contributed by atoms with Crippen molar-refractivity contribution in [1.29, 1.82) is 0 Å². The van der Waals surface area contributed by atoms with Crippen molar-refractivity contribution in [3.63, 3.8) is 0 Å². The summed E-state index contributed by atoms with van der Waals surface area (Å²) >= 11 is 0. The summed E-state index contributed by atoms with van der Waals surface area (Å²) in [6.45, 7) is 4.55. The average Bonchev–Trinajstić information content (AvgIpc) is 2.41. The number of amides is 1. The van der Waals surface area contributed by atoms with Crippen molar-refractivity contribution in [2.45, 2.75) is 39.5 Å². The lowest BCUT2D eigenvalue weighted by Gasteiger charge is -2.14. The van der Waals surface area contributed by atoms with Crippen molar-refractivity contribution in [3.8, 4) is 0 Å². The van der Waals surface area contributed by atoms with Gasteiger partial charge in [0.25, 0.3) is 0 Å². The number of carboxylic acids is 1. The molecule has 4 N–H and O–H groups in total. The Morgan fingerprint density at radius 3 is 2.67 bits per heavy atom. The third-order valence-electron chi connectivity index (χ3n) is 3.44. The molecule has 0 aliphatic carbocycles. The molecule has 6 nitrogen and oxygen atoms in total. The second-order valence-electron chi connectivity index (χ2n) is 5.17. The number of aliphatic carboxylic acids is 1. The monoisotopic (exact) mass is 293 g/mol. The first-order valence-corrected chi connectivity index (χ1v) is 7.16. The molecule has 0 spiro atoms. The lowest BCUT2D eigenvalue weighted by molar-refractivity contribution is -0.137. The number of rotatable bonds is 9. The van der Waals surface area contributed by atoms with Gasteiger partial charge < -0.3 is 16.2 Å². The van der Waals surface area contributed by atoms with E-state index in [0.717, 1.165) is 18.5 Å². The van der Waals surface area contributed by atoms with Crippen LogP contribution in [-0.2, 0) is 4.79 Å². The van der Waals surface area contributed by atoms with Crippen molar-refractivity contribution >= 4 is 17.7 Å². The molecular weight excluding hydrogens is 270 g/mol. The summed E-state index contributed by atoms with van der Waals surface area (Å²) in [5, 5.41) is 11.9. The molecule has 116 valence electrons. The molecule has 21 heavy (non-hydrogen) atoms. The minimum atomic E-state index is -0.757. The van der Waals surface area contributed by atoms with Gasteiger partial charge in [-0.25, -0.2) is 4.98 Å². The highest BCUT2D eigenvalue weighted by Crippen LogP contribution is 2.16. The number of primary amides is 1. The van der Waals surface area contributed by atoms with Crippen molar-refractivity contribution in [1.82, 2.24) is 4.98 Å². The zero-order chi connectivity index (χ0) is 15.8. The maximum absolute atomic E-state index is 11.2. The van der Waals surface area contributed by atoms with Gasteiger partial charge >= 0.3 is 5.97 Å². The minimum Gasteiger partial charge on any atom is -0.481 e. The number of aromatic nitrogens is 1. The molecule has 6 heteroatoms. The van der Waals surface area contributed by atoms with E-state index in [0.29, 0.717) is 30.3 Å². The number of nitrogens with zero attached hydrogens (tertiary/aromatic N) is 1. The first kappa shape index (κ1) is 16.9. The highest BCUT2D eigenvalue weighted by atomic mass is 16.4. The Morgan fingerprint density at radius 2 is 2.10 bits per heavy atom. The van der Waals surface area contributed by atoms with E-state index in [1.165, 1.54) is 0 Å². The molecule has 0 aliphatic rings. The van der Waals surface area contributed by atoms with Gasteiger partial charge in [-0.3, -0.25) is 9.59 Å². The largest absolute Gasteiger partial charge is 0.481 e. The Bertz CT molecular complexity index is 503. The van der Waals surface area contributed by atoms with E-state index < -0.39 is 11.9 Å². The van der Waals surface area contributed by atoms with Crippen LogP contribution in [0.25, 0.3) is 0 Å². The summed E-state index contributed by atoms with van der Waals surface area (Å²) in [6, 6.07) is 3.28. The lowest BCUT2D eigenvalue weighted by atomic mass is 9.97. The Kier molecular flexibility index (Phi) is 6.65. The van der Waals surface area contributed by atoms with Crippen molar-refractivity contribution in [2.24, 2.45) is 11.7 Å². The van der Waals surface area contributed by atoms with Crippen LogP contribution in [0.2, 0.25) is 0 Å². The summed E-state index contributed by atoms with van der Waals surface area (Å²) in [5.74, 6) is -0.241. The van der Waals surface area contributed by atoms with E-state index in [4.69, 9.17) is 10.8 Å². The van der Waals surface area contributed by atoms with Crippen molar-refractivity contribution in [2.75, 3.05) is 11.9 Å². The van der Waals surface area contributed by atoms with Crippen LogP contribution in [0.1, 0.15) is 48.7 Å². The topological polar surface area (TPSA) is 105 Å². The second kappa shape index (κ2) is 8.24.